The van der Waals surface area contributed by atoms with Crippen LogP contribution in [0.25, 0.3) is 0 Å². The molecule has 1 unspecified atom stereocenters. The molecule has 3 nitrogen and oxygen atoms in total. The predicted molar refractivity (Wildman–Crippen MR) is 73.1 cm³/mol. The highest BCUT2D eigenvalue weighted by Gasteiger charge is 2.23. The zero-order valence-corrected chi connectivity index (χ0v) is 11.2. The van der Waals surface area contributed by atoms with E-state index in [9.17, 15) is 0 Å². The van der Waals surface area contributed by atoms with Crippen molar-refractivity contribution in [1.29, 1.82) is 5.26 Å². The first kappa shape index (κ1) is 13.1. The summed E-state index contributed by atoms with van der Waals surface area (Å²) < 4.78 is 0. The van der Waals surface area contributed by atoms with Crippen LogP contribution in [0, 0.1) is 11.3 Å². The molecule has 0 aliphatic carbocycles. The maximum Gasteiger partial charge on any atom is 0.0991 e. The average molecular weight is 243 g/mol. The van der Waals surface area contributed by atoms with Gasteiger partial charge in [0, 0.05) is 25.2 Å². The minimum atomic E-state index is 0.600. The highest BCUT2D eigenvalue weighted by Crippen LogP contribution is 2.13. The van der Waals surface area contributed by atoms with Crippen LogP contribution in [0.2, 0.25) is 0 Å². The maximum atomic E-state index is 8.74. The molecule has 1 aliphatic heterocycles. The van der Waals surface area contributed by atoms with E-state index in [1.54, 1.807) is 0 Å². The molecule has 18 heavy (non-hydrogen) atoms. The van der Waals surface area contributed by atoms with Crippen molar-refractivity contribution in [3.63, 3.8) is 0 Å². The van der Waals surface area contributed by atoms with E-state index in [0.717, 1.165) is 18.7 Å². The molecule has 2 rings (SSSR count). The van der Waals surface area contributed by atoms with Crippen LogP contribution in [0.5, 0.6) is 0 Å². The van der Waals surface area contributed by atoms with Crippen LogP contribution in [-0.2, 0) is 6.54 Å². The Morgan fingerprint density at radius 3 is 2.67 bits per heavy atom. The fourth-order valence-corrected chi connectivity index (χ4v) is 2.38. The van der Waals surface area contributed by atoms with E-state index in [1.807, 2.05) is 24.3 Å². The number of likely N-dealkylation sites (tertiary alicyclic amines) is 1. The van der Waals surface area contributed by atoms with E-state index in [0.29, 0.717) is 12.1 Å². The Balaban J connectivity index is 1.80. The van der Waals surface area contributed by atoms with E-state index < -0.39 is 0 Å². The van der Waals surface area contributed by atoms with Crippen molar-refractivity contribution < 1.29 is 0 Å². The van der Waals surface area contributed by atoms with Crippen molar-refractivity contribution in [2.24, 2.45) is 0 Å². The first-order valence-electron chi connectivity index (χ1n) is 6.65. The lowest BCUT2D eigenvalue weighted by Gasteiger charge is -2.20. The molecule has 1 heterocycles. The lowest BCUT2D eigenvalue weighted by atomic mass is 10.1. The molecular weight excluding hydrogens is 222 g/mol. The van der Waals surface area contributed by atoms with E-state index in [1.165, 1.54) is 18.5 Å². The Kier molecular flexibility index (Phi) is 4.35. The van der Waals surface area contributed by atoms with Gasteiger partial charge in [-0.15, -0.1) is 0 Å². The molecule has 1 N–H and O–H groups in total. The number of hydrogen-bond acceptors (Lipinski definition) is 3. The summed E-state index contributed by atoms with van der Waals surface area (Å²) in [5.41, 5.74) is 1.97. The summed E-state index contributed by atoms with van der Waals surface area (Å²) >= 11 is 0. The molecule has 0 bridgehead atoms. The molecule has 0 aromatic heterocycles. The number of benzene rings is 1. The molecule has 0 amide bonds. The molecule has 1 aromatic carbocycles. The zero-order chi connectivity index (χ0) is 13.0. The Hall–Kier alpha value is -1.37. The fraction of sp³-hybridized carbons (Fsp3) is 0.533. The lowest BCUT2D eigenvalue weighted by Crippen LogP contribution is -2.34. The van der Waals surface area contributed by atoms with E-state index in [2.05, 4.69) is 30.1 Å². The Morgan fingerprint density at radius 2 is 2.11 bits per heavy atom. The molecular formula is C15H21N3. The van der Waals surface area contributed by atoms with Gasteiger partial charge in [0.2, 0.25) is 0 Å². The number of rotatable bonds is 4. The van der Waals surface area contributed by atoms with Gasteiger partial charge in [-0.25, -0.2) is 0 Å². The second-order valence-corrected chi connectivity index (χ2v) is 5.26. The van der Waals surface area contributed by atoms with Crippen molar-refractivity contribution in [2.45, 2.75) is 38.9 Å². The Morgan fingerprint density at radius 1 is 1.39 bits per heavy atom. The quantitative estimate of drug-likeness (QED) is 0.880. The standard InChI is InChI=1S/C15H21N3/c1-12(2)18-8-7-15(11-18)17-10-14-5-3-13(9-16)4-6-14/h3-6,12,15,17H,7-8,10-11H2,1-2H3. The van der Waals surface area contributed by atoms with Crippen LogP contribution >= 0.6 is 0 Å². The first-order valence-corrected chi connectivity index (χ1v) is 6.65. The highest BCUT2D eigenvalue weighted by atomic mass is 15.2. The largest absolute Gasteiger partial charge is 0.309 e. The summed E-state index contributed by atoms with van der Waals surface area (Å²) in [6.07, 6.45) is 1.23. The van der Waals surface area contributed by atoms with Crippen LogP contribution in [0.1, 0.15) is 31.4 Å². The predicted octanol–water partition coefficient (Wildman–Crippen LogP) is 2.13. The SMILES string of the molecule is CC(C)N1CCC(NCc2ccc(C#N)cc2)C1. The Bertz CT molecular complexity index is 416. The number of nitrogens with one attached hydrogen (secondary N) is 1. The van der Waals surface area contributed by atoms with Crippen molar-refractivity contribution in [1.82, 2.24) is 10.2 Å². The van der Waals surface area contributed by atoms with Crippen molar-refractivity contribution in [3.05, 3.63) is 35.4 Å². The summed E-state index contributed by atoms with van der Waals surface area (Å²) in [4.78, 5) is 2.51. The molecule has 1 aromatic rings. The molecule has 1 atom stereocenters. The molecule has 0 radical (unpaired) electrons. The molecule has 3 heteroatoms. The van der Waals surface area contributed by atoms with E-state index >= 15 is 0 Å². The topological polar surface area (TPSA) is 39.1 Å². The van der Waals surface area contributed by atoms with Gasteiger partial charge in [-0.1, -0.05) is 12.1 Å². The van der Waals surface area contributed by atoms with Gasteiger partial charge in [-0.3, -0.25) is 4.90 Å². The van der Waals surface area contributed by atoms with Crippen LogP contribution in [0.15, 0.2) is 24.3 Å². The van der Waals surface area contributed by atoms with Crippen molar-refractivity contribution in [2.75, 3.05) is 13.1 Å². The van der Waals surface area contributed by atoms with Crippen LogP contribution in [0.3, 0.4) is 0 Å². The third kappa shape index (κ3) is 3.32. The summed E-state index contributed by atoms with van der Waals surface area (Å²) in [5.74, 6) is 0. The van der Waals surface area contributed by atoms with Gasteiger partial charge in [-0.05, 0) is 44.5 Å². The van der Waals surface area contributed by atoms with Gasteiger partial charge in [0.1, 0.15) is 0 Å². The smallest absolute Gasteiger partial charge is 0.0991 e. The zero-order valence-electron chi connectivity index (χ0n) is 11.2. The third-order valence-electron chi connectivity index (χ3n) is 3.63. The average Bonchev–Trinajstić information content (AvgIpc) is 2.86. The molecule has 96 valence electrons. The van der Waals surface area contributed by atoms with Crippen molar-refractivity contribution >= 4 is 0 Å². The highest BCUT2D eigenvalue weighted by molar-refractivity contribution is 5.31. The van der Waals surface area contributed by atoms with E-state index in [4.69, 9.17) is 5.26 Å². The van der Waals surface area contributed by atoms with Crippen LogP contribution in [-0.4, -0.2) is 30.1 Å². The third-order valence-corrected chi connectivity index (χ3v) is 3.63. The summed E-state index contributed by atoms with van der Waals surface area (Å²) in [6, 6.07) is 11.2. The molecule has 0 saturated carbocycles. The minimum Gasteiger partial charge on any atom is -0.309 e. The first-order chi connectivity index (χ1) is 8.69. The maximum absolute atomic E-state index is 8.74. The monoisotopic (exact) mass is 243 g/mol. The molecule has 1 saturated heterocycles. The Labute approximate surface area is 109 Å². The van der Waals surface area contributed by atoms with Gasteiger partial charge < -0.3 is 5.32 Å². The summed E-state index contributed by atoms with van der Waals surface area (Å²) in [7, 11) is 0. The number of hydrogen-bond donors (Lipinski definition) is 1. The number of nitrogens with zero attached hydrogens (tertiary/aromatic N) is 2. The van der Waals surface area contributed by atoms with E-state index in [-0.39, 0.29) is 0 Å². The van der Waals surface area contributed by atoms with Crippen molar-refractivity contribution in [3.8, 4) is 6.07 Å². The molecule has 0 spiro atoms. The van der Waals surface area contributed by atoms with Gasteiger partial charge >= 0.3 is 0 Å². The van der Waals surface area contributed by atoms with Gasteiger partial charge in [-0.2, -0.15) is 5.26 Å². The van der Waals surface area contributed by atoms with Gasteiger partial charge in [0.15, 0.2) is 0 Å². The fourth-order valence-electron chi connectivity index (χ4n) is 2.38. The van der Waals surface area contributed by atoms with Crippen LogP contribution in [0.4, 0.5) is 0 Å². The molecule has 1 aliphatic rings. The summed E-state index contributed by atoms with van der Waals surface area (Å²) in [5, 5.41) is 12.3. The second kappa shape index (κ2) is 5.99. The molecule has 1 fully saturated rings. The minimum absolute atomic E-state index is 0.600. The van der Waals surface area contributed by atoms with Crippen LogP contribution < -0.4 is 5.32 Å². The number of nitriles is 1. The normalized spacial score (nSPS) is 20.2. The lowest BCUT2D eigenvalue weighted by molar-refractivity contribution is 0.268. The summed E-state index contributed by atoms with van der Waals surface area (Å²) in [6.45, 7) is 7.74. The van der Waals surface area contributed by atoms with Gasteiger partial charge in [0.25, 0.3) is 0 Å². The second-order valence-electron chi connectivity index (χ2n) is 5.26. The van der Waals surface area contributed by atoms with Gasteiger partial charge in [0.05, 0.1) is 11.6 Å².